The highest BCUT2D eigenvalue weighted by Gasteiger charge is 2.32. The van der Waals surface area contributed by atoms with Crippen molar-refractivity contribution in [2.24, 2.45) is 10.4 Å². The summed E-state index contributed by atoms with van der Waals surface area (Å²) in [6.45, 7) is 11.7. The van der Waals surface area contributed by atoms with Crippen molar-refractivity contribution in [2.75, 3.05) is 13.7 Å². The predicted octanol–water partition coefficient (Wildman–Crippen LogP) is 6.05. The Labute approximate surface area is 167 Å². The fraction of sp³-hybridized carbons (Fsp3) is 0.435. The van der Waals surface area contributed by atoms with E-state index in [2.05, 4.69) is 65.0 Å². The highest BCUT2D eigenvalue weighted by molar-refractivity contribution is 8.00. The Balaban J connectivity index is 2.15. The van der Waals surface area contributed by atoms with Gasteiger partial charge in [-0.3, -0.25) is 0 Å². The molecule has 1 heterocycles. The minimum Gasteiger partial charge on any atom is -0.496 e. The molecule has 0 amide bonds. The summed E-state index contributed by atoms with van der Waals surface area (Å²) in [5.74, 6) is 1.56. The molecule has 3 nitrogen and oxygen atoms in total. The van der Waals surface area contributed by atoms with Gasteiger partial charge in [-0.1, -0.05) is 58.9 Å². The van der Waals surface area contributed by atoms with Crippen LogP contribution in [-0.2, 0) is 4.74 Å². The number of benzene rings is 2. The SMILES string of the molecule is COc1cccc(C2=N[C@@H](C(C)(C)C)CO2)c1-c1ccccc1SC(C)C. The van der Waals surface area contributed by atoms with Crippen molar-refractivity contribution in [1.82, 2.24) is 0 Å². The van der Waals surface area contributed by atoms with Gasteiger partial charge in [-0.25, -0.2) is 4.99 Å². The number of methoxy groups -OCH3 is 1. The number of nitrogens with zero attached hydrogens (tertiary/aromatic N) is 1. The first kappa shape index (κ1) is 19.8. The molecular formula is C23H29NO2S. The summed E-state index contributed by atoms with van der Waals surface area (Å²) >= 11 is 1.86. The maximum Gasteiger partial charge on any atom is 0.217 e. The number of rotatable bonds is 5. The summed E-state index contributed by atoms with van der Waals surface area (Å²) < 4.78 is 11.8. The van der Waals surface area contributed by atoms with Crippen LogP contribution in [0.15, 0.2) is 52.4 Å². The lowest BCUT2D eigenvalue weighted by Crippen LogP contribution is -2.25. The molecule has 0 saturated carbocycles. The van der Waals surface area contributed by atoms with Crippen LogP contribution in [0.2, 0.25) is 0 Å². The molecule has 1 aliphatic rings. The van der Waals surface area contributed by atoms with Crippen LogP contribution in [0, 0.1) is 5.41 Å². The van der Waals surface area contributed by atoms with E-state index in [0.29, 0.717) is 17.8 Å². The average molecular weight is 384 g/mol. The van der Waals surface area contributed by atoms with Crippen molar-refractivity contribution in [3.8, 4) is 16.9 Å². The quantitative estimate of drug-likeness (QED) is 0.589. The summed E-state index contributed by atoms with van der Waals surface area (Å²) in [6, 6.07) is 14.7. The molecule has 144 valence electrons. The molecule has 1 atom stereocenters. The number of hydrogen-bond acceptors (Lipinski definition) is 4. The van der Waals surface area contributed by atoms with Crippen LogP contribution in [0.5, 0.6) is 5.75 Å². The van der Waals surface area contributed by atoms with E-state index in [1.165, 1.54) is 4.90 Å². The number of ether oxygens (including phenoxy) is 2. The monoisotopic (exact) mass is 383 g/mol. The molecule has 0 unspecified atom stereocenters. The first-order valence-corrected chi connectivity index (χ1v) is 10.3. The van der Waals surface area contributed by atoms with Crippen LogP contribution in [0.3, 0.4) is 0 Å². The molecule has 27 heavy (non-hydrogen) atoms. The van der Waals surface area contributed by atoms with Gasteiger partial charge in [-0.15, -0.1) is 11.8 Å². The molecule has 2 aromatic carbocycles. The Hall–Kier alpha value is -1.94. The maximum absolute atomic E-state index is 6.05. The highest BCUT2D eigenvalue weighted by Crippen LogP contribution is 2.41. The first-order chi connectivity index (χ1) is 12.8. The van der Waals surface area contributed by atoms with E-state index in [1.807, 2.05) is 23.9 Å². The molecule has 0 fully saturated rings. The zero-order valence-electron chi connectivity index (χ0n) is 17.1. The second kappa shape index (κ2) is 7.97. The van der Waals surface area contributed by atoms with Crippen molar-refractivity contribution in [3.05, 3.63) is 48.0 Å². The van der Waals surface area contributed by atoms with E-state index in [1.54, 1.807) is 7.11 Å². The molecule has 4 heteroatoms. The first-order valence-electron chi connectivity index (χ1n) is 9.45. The smallest absolute Gasteiger partial charge is 0.217 e. The molecule has 0 aromatic heterocycles. The molecule has 2 aromatic rings. The number of aliphatic imine (C=N–C) groups is 1. The van der Waals surface area contributed by atoms with E-state index < -0.39 is 0 Å². The van der Waals surface area contributed by atoms with Gasteiger partial charge < -0.3 is 9.47 Å². The van der Waals surface area contributed by atoms with Crippen LogP contribution in [-0.4, -0.2) is 30.9 Å². The molecule has 0 radical (unpaired) electrons. The van der Waals surface area contributed by atoms with E-state index in [4.69, 9.17) is 14.5 Å². The summed E-state index contributed by atoms with van der Waals surface area (Å²) in [7, 11) is 1.72. The topological polar surface area (TPSA) is 30.8 Å². The van der Waals surface area contributed by atoms with Crippen molar-refractivity contribution in [2.45, 2.75) is 50.8 Å². The van der Waals surface area contributed by atoms with Gasteiger partial charge in [0.1, 0.15) is 12.4 Å². The normalized spacial score (nSPS) is 17.0. The Morgan fingerprint density at radius 1 is 1.07 bits per heavy atom. The minimum absolute atomic E-state index is 0.0756. The average Bonchev–Trinajstić information content (AvgIpc) is 3.11. The molecule has 0 saturated heterocycles. The van der Waals surface area contributed by atoms with E-state index in [-0.39, 0.29) is 11.5 Å². The third-order valence-electron chi connectivity index (χ3n) is 4.65. The lowest BCUT2D eigenvalue weighted by atomic mass is 9.88. The number of hydrogen-bond donors (Lipinski definition) is 0. The Bertz CT molecular complexity index is 837. The van der Waals surface area contributed by atoms with Crippen molar-refractivity contribution in [3.63, 3.8) is 0 Å². The molecule has 3 rings (SSSR count). The van der Waals surface area contributed by atoms with Crippen molar-refractivity contribution >= 4 is 17.7 Å². The predicted molar refractivity (Wildman–Crippen MR) is 115 cm³/mol. The second-order valence-corrected chi connectivity index (χ2v) is 9.79. The zero-order chi connectivity index (χ0) is 19.6. The van der Waals surface area contributed by atoms with Gasteiger partial charge >= 0.3 is 0 Å². The minimum atomic E-state index is 0.0756. The standard InChI is InChI=1S/C23H29NO2S/c1-15(2)27-19-13-8-7-10-16(19)21-17(11-9-12-18(21)25-6)22-24-20(14-26-22)23(3,4)5/h7-13,15,20H,14H2,1-6H3/t20-/m1/s1. The maximum atomic E-state index is 6.05. The molecule has 0 N–H and O–H groups in total. The Morgan fingerprint density at radius 2 is 1.78 bits per heavy atom. The fourth-order valence-corrected chi connectivity index (χ4v) is 4.11. The van der Waals surface area contributed by atoms with Crippen molar-refractivity contribution < 1.29 is 9.47 Å². The van der Waals surface area contributed by atoms with Gasteiger partial charge in [0.25, 0.3) is 0 Å². The summed E-state index contributed by atoms with van der Waals surface area (Å²) in [6.07, 6.45) is 0. The third-order valence-corrected chi connectivity index (χ3v) is 5.73. The van der Waals surface area contributed by atoms with E-state index >= 15 is 0 Å². The van der Waals surface area contributed by atoms with Crippen LogP contribution in [0.25, 0.3) is 11.1 Å². The lowest BCUT2D eigenvalue weighted by Gasteiger charge is -2.21. The van der Waals surface area contributed by atoms with Crippen LogP contribution in [0.4, 0.5) is 0 Å². The van der Waals surface area contributed by atoms with Crippen LogP contribution in [0.1, 0.15) is 40.2 Å². The summed E-state index contributed by atoms with van der Waals surface area (Å²) in [5, 5.41) is 0.495. The molecular weight excluding hydrogens is 354 g/mol. The van der Waals surface area contributed by atoms with Gasteiger partial charge in [0.05, 0.1) is 13.2 Å². The fourth-order valence-electron chi connectivity index (χ4n) is 3.15. The highest BCUT2D eigenvalue weighted by atomic mass is 32.2. The number of thioether (sulfide) groups is 1. The summed E-state index contributed by atoms with van der Waals surface area (Å²) in [5.41, 5.74) is 3.29. The Kier molecular flexibility index (Phi) is 5.85. The van der Waals surface area contributed by atoms with E-state index in [9.17, 15) is 0 Å². The van der Waals surface area contributed by atoms with Gasteiger partial charge in [-0.2, -0.15) is 0 Å². The van der Waals surface area contributed by atoms with Gasteiger partial charge in [0, 0.05) is 21.3 Å². The summed E-state index contributed by atoms with van der Waals surface area (Å²) in [4.78, 5) is 6.15. The third kappa shape index (κ3) is 4.32. The Morgan fingerprint density at radius 3 is 2.41 bits per heavy atom. The zero-order valence-corrected chi connectivity index (χ0v) is 17.9. The largest absolute Gasteiger partial charge is 0.496 e. The second-order valence-electron chi connectivity index (χ2n) is 8.17. The molecule has 0 aliphatic carbocycles. The molecule has 1 aliphatic heterocycles. The molecule has 0 bridgehead atoms. The molecule has 0 spiro atoms. The lowest BCUT2D eigenvalue weighted by molar-refractivity contribution is 0.236. The van der Waals surface area contributed by atoms with Gasteiger partial charge in [-0.05, 0) is 29.2 Å². The van der Waals surface area contributed by atoms with Gasteiger partial charge in [0.2, 0.25) is 5.90 Å². The van der Waals surface area contributed by atoms with Crippen LogP contribution >= 0.6 is 11.8 Å². The van der Waals surface area contributed by atoms with Crippen LogP contribution < -0.4 is 4.74 Å². The van der Waals surface area contributed by atoms with Gasteiger partial charge in [0.15, 0.2) is 0 Å². The van der Waals surface area contributed by atoms with Crippen molar-refractivity contribution in [1.29, 1.82) is 0 Å². The van der Waals surface area contributed by atoms with E-state index in [0.717, 1.165) is 22.4 Å².